The van der Waals surface area contributed by atoms with E-state index in [1.165, 1.54) is 38.6 Å². The van der Waals surface area contributed by atoms with Gasteiger partial charge >= 0.3 is 0 Å². The normalized spacial score (nSPS) is 10.8. The third-order valence-corrected chi connectivity index (χ3v) is 1.71. The van der Waals surface area contributed by atoms with E-state index in [9.17, 15) is 0 Å². The quantitative estimate of drug-likeness (QED) is 0.398. The fraction of sp³-hybridized carbons (Fsp3) is 1.00. The van der Waals surface area contributed by atoms with Gasteiger partial charge in [-0.3, -0.25) is 0 Å². The molecule has 0 unspecified atom stereocenters. The van der Waals surface area contributed by atoms with Gasteiger partial charge in [-0.1, -0.05) is 26.2 Å². The van der Waals surface area contributed by atoms with E-state index < -0.39 is 0 Å². The zero-order chi connectivity index (χ0) is 7.82. The summed E-state index contributed by atoms with van der Waals surface area (Å²) in [5.74, 6) is 0. The van der Waals surface area contributed by atoms with Gasteiger partial charge in [-0.05, 0) is 6.42 Å². The molecule has 0 aliphatic rings. The molecule has 0 atom stereocenters. The monoisotopic (exact) mass is 143 g/mol. The minimum absolute atomic E-state index is 1.25. The maximum absolute atomic E-state index is 2.26. The Hall–Kier alpha value is -0.0400. The Labute approximate surface area is 65.4 Å². The van der Waals surface area contributed by atoms with Crippen LogP contribution in [-0.2, 0) is 0 Å². The van der Waals surface area contributed by atoms with Crippen LogP contribution in [0.2, 0.25) is 0 Å². The number of nitrogens with zero attached hydrogens (tertiary/aromatic N) is 1. The fourth-order valence-electron chi connectivity index (χ4n) is 1.03. The lowest BCUT2D eigenvalue weighted by molar-refractivity contribution is 0.512. The molecule has 0 bridgehead atoms. The number of rotatable bonds is 6. The first-order chi connectivity index (χ1) is 4.77. The summed E-state index contributed by atoms with van der Waals surface area (Å²) in [6.07, 6.45) is 6.96. The molecule has 0 aromatic carbocycles. The Kier molecular flexibility index (Phi) is 7.04. The predicted molar refractivity (Wildman–Crippen MR) is 47.6 cm³/mol. The Balaban J connectivity index is 2.77. The molecule has 0 saturated heterocycles. The second-order valence-electron chi connectivity index (χ2n) is 3.22. The molecule has 0 N–H and O–H groups in total. The fourth-order valence-corrected chi connectivity index (χ4v) is 1.03. The summed E-state index contributed by atoms with van der Waals surface area (Å²) in [7, 11) is 4.28. The summed E-state index contributed by atoms with van der Waals surface area (Å²) in [5.41, 5.74) is 0. The second kappa shape index (κ2) is 7.07. The van der Waals surface area contributed by atoms with Crippen LogP contribution in [0.15, 0.2) is 0 Å². The van der Waals surface area contributed by atoms with Crippen molar-refractivity contribution in [2.75, 3.05) is 20.6 Å². The zero-order valence-corrected chi connectivity index (χ0v) is 7.69. The number of hydrogen-bond acceptors (Lipinski definition) is 1. The van der Waals surface area contributed by atoms with Crippen LogP contribution in [0.4, 0.5) is 0 Å². The lowest BCUT2D eigenvalue weighted by atomic mass is 10.1. The van der Waals surface area contributed by atoms with Crippen molar-refractivity contribution < 1.29 is 0 Å². The highest BCUT2D eigenvalue weighted by molar-refractivity contribution is 4.49. The SMILES string of the molecule is CCCCCCC[N+](C)C. The van der Waals surface area contributed by atoms with Crippen molar-refractivity contribution in [1.29, 1.82) is 0 Å². The van der Waals surface area contributed by atoms with Crippen LogP contribution in [-0.4, -0.2) is 20.6 Å². The van der Waals surface area contributed by atoms with E-state index in [0.29, 0.717) is 0 Å². The van der Waals surface area contributed by atoms with Crippen molar-refractivity contribution in [1.82, 2.24) is 4.90 Å². The van der Waals surface area contributed by atoms with Crippen LogP contribution in [0.5, 0.6) is 0 Å². The first-order valence-corrected chi connectivity index (χ1v) is 4.42. The Morgan fingerprint density at radius 1 is 0.900 bits per heavy atom. The number of unbranched alkanes of at least 4 members (excludes halogenated alkanes) is 4. The molecule has 10 heavy (non-hydrogen) atoms. The second-order valence-corrected chi connectivity index (χ2v) is 3.22. The van der Waals surface area contributed by atoms with Crippen molar-refractivity contribution in [2.45, 2.75) is 39.0 Å². The molecular formula is C9H21N+. The van der Waals surface area contributed by atoms with Crippen LogP contribution in [0.3, 0.4) is 0 Å². The first-order valence-electron chi connectivity index (χ1n) is 4.42. The average molecular weight is 143 g/mol. The van der Waals surface area contributed by atoms with Crippen molar-refractivity contribution in [3.05, 3.63) is 0 Å². The van der Waals surface area contributed by atoms with E-state index in [4.69, 9.17) is 0 Å². The van der Waals surface area contributed by atoms with E-state index in [0.717, 1.165) is 0 Å². The van der Waals surface area contributed by atoms with Crippen LogP contribution >= 0.6 is 0 Å². The van der Waals surface area contributed by atoms with E-state index in [1.54, 1.807) is 0 Å². The number of hydrogen-bond donors (Lipinski definition) is 0. The summed E-state index contributed by atoms with van der Waals surface area (Å²) in [6.45, 7) is 3.51. The van der Waals surface area contributed by atoms with Gasteiger partial charge in [0.25, 0.3) is 0 Å². The zero-order valence-electron chi connectivity index (χ0n) is 7.69. The molecule has 1 heteroatoms. The summed E-state index contributed by atoms with van der Waals surface area (Å²) in [4.78, 5) is 2.26. The molecule has 0 aliphatic heterocycles. The third kappa shape index (κ3) is 7.96. The molecule has 0 rings (SSSR count). The summed E-state index contributed by atoms with van der Waals surface area (Å²) >= 11 is 0. The lowest BCUT2D eigenvalue weighted by Crippen LogP contribution is -2.19. The highest BCUT2D eigenvalue weighted by Crippen LogP contribution is 2.01. The molecule has 0 fully saturated rings. The van der Waals surface area contributed by atoms with Gasteiger partial charge in [0, 0.05) is 6.42 Å². The van der Waals surface area contributed by atoms with Crippen LogP contribution in [0, 0.1) is 0 Å². The van der Waals surface area contributed by atoms with E-state index in [1.807, 2.05) is 0 Å². The molecule has 0 amide bonds. The molecule has 0 heterocycles. The van der Waals surface area contributed by atoms with Gasteiger partial charge in [-0.2, -0.15) is 4.90 Å². The molecule has 0 aliphatic carbocycles. The van der Waals surface area contributed by atoms with Crippen molar-refractivity contribution in [2.24, 2.45) is 0 Å². The van der Waals surface area contributed by atoms with Gasteiger partial charge in [-0.15, -0.1) is 0 Å². The van der Waals surface area contributed by atoms with Gasteiger partial charge in [0.2, 0.25) is 0 Å². The van der Waals surface area contributed by atoms with Gasteiger partial charge in [0.05, 0.1) is 0 Å². The molecular weight excluding hydrogens is 122 g/mol. The van der Waals surface area contributed by atoms with E-state index in [-0.39, 0.29) is 0 Å². The Bertz CT molecular complexity index is 59.7. The summed E-state index contributed by atoms with van der Waals surface area (Å²) in [5, 5.41) is 0. The molecule has 0 aromatic rings. The lowest BCUT2D eigenvalue weighted by Gasteiger charge is -1.99. The average Bonchev–Trinajstić information content (AvgIpc) is 1.87. The molecule has 0 spiro atoms. The van der Waals surface area contributed by atoms with Gasteiger partial charge in [-0.25, -0.2) is 0 Å². The maximum Gasteiger partial charge on any atom is 0.122 e. The van der Waals surface area contributed by atoms with Gasteiger partial charge in [0.1, 0.15) is 20.6 Å². The standard InChI is InChI=1S/C9H21N/c1-4-5-6-7-8-9-10(2)3/h4-9H2,1-3H3/q+1. The highest BCUT2D eigenvalue weighted by Gasteiger charge is 1.96. The summed E-state index contributed by atoms with van der Waals surface area (Å²) < 4.78 is 0. The van der Waals surface area contributed by atoms with E-state index in [2.05, 4.69) is 25.9 Å². The maximum atomic E-state index is 2.26. The highest BCUT2D eigenvalue weighted by atomic mass is 15.0. The predicted octanol–water partition coefficient (Wildman–Crippen LogP) is 2.36. The summed E-state index contributed by atoms with van der Waals surface area (Å²) in [6, 6.07) is 0. The Morgan fingerprint density at radius 2 is 1.50 bits per heavy atom. The van der Waals surface area contributed by atoms with Crippen LogP contribution in [0.1, 0.15) is 39.0 Å². The third-order valence-electron chi connectivity index (χ3n) is 1.71. The van der Waals surface area contributed by atoms with Crippen LogP contribution < -0.4 is 4.90 Å². The first kappa shape index (κ1) is 9.96. The largest absolute Gasteiger partial charge is 0.175 e. The minimum Gasteiger partial charge on any atom is -0.175 e. The van der Waals surface area contributed by atoms with Crippen molar-refractivity contribution >= 4 is 0 Å². The van der Waals surface area contributed by atoms with E-state index >= 15 is 0 Å². The van der Waals surface area contributed by atoms with Crippen LogP contribution in [0.25, 0.3) is 0 Å². The van der Waals surface area contributed by atoms with Gasteiger partial charge < -0.3 is 0 Å². The Morgan fingerprint density at radius 3 is 2.00 bits per heavy atom. The van der Waals surface area contributed by atoms with Gasteiger partial charge in [0.15, 0.2) is 0 Å². The van der Waals surface area contributed by atoms with Crippen molar-refractivity contribution in [3.63, 3.8) is 0 Å². The molecule has 61 valence electrons. The topological polar surface area (TPSA) is 5.90 Å². The molecule has 1 nitrogen and oxygen atoms in total. The minimum atomic E-state index is 1.25. The molecule has 1 radical (unpaired) electrons. The smallest absolute Gasteiger partial charge is 0.122 e. The molecule has 0 saturated carbocycles. The van der Waals surface area contributed by atoms with Crippen molar-refractivity contribution in [3.8, 4) is 0 Å². The molecule has 0 aromatic heterocycles.